The number of aromatic nitrogens is 2. The molecule has 1 aliphatic heterocycles. The second kappa shape index (κ2) is 7.19. The van der Waals surface area contributed by atoms with E-state index < -0.39 is 0 Å². The van der Waals surface area contributed by atoms with Gasteiger partial charge in [-0.05, 0) is 32.3 Å². The van der Waals surface area contributed by atoms with Crippen LogP contribution >= 0.6 is 0 Å². The van der Waals surface area contributed by atoms with Crippen LogP contribution in [0.1, 0.15) is 37.2 Å². The standard InChI is InChI=1S/C14H22N4O/c1-12-16-8-5-13(17-12)11-15-7-6-14(19)18-9-3-2-4-10-18/h5,8,15H,2-4,6-7,9-11H2,1H3. The summed E-state index contributed by atoms with van der Waals surface area (Å²) in [5, 5.41) is 3.26. The summed E-state index contributed by atoms with van der Waals surface area (Å²) in [6.07, 6.45) is 5.90. The highest BCUT2D eigenvalue weighted by Gasteiger charge is 2.15. The molecule has 1 aliphatic rings. The number of rotatable bonds is 5. The fourth-order valence-corrected chi connectivity index (χ4v) is 2.32. The third kappa shape index (κ3) is 4.59. The maximum Gasteiger partial charge on any atom is 0.223 e. The molecule has 1 N–H and O–H groups in total. The predicted molar refractivity (Wildman–Crippen MR) is 73.5 cm³/mol. The van der Waals surface area contributed by atoms with Gasteiger partial charge in [0.15, 0.2) is 0 Å². The summed E-state index contributed by atoms with van der Waals surface area (Å²) >= 11 is 0. The van der Waals surface area contributed by atoms with Crippen molar-refractivity contribution in [3.8, 4) is 0 Å². The lowest BCUT2D eigenvalue weighted by atomic mass is 10.1. The van der Waals surface area contributed by atoms with Crippen molar-refractivity contribution in [2.24, 2.45) is 0 Å². The SMILES string of the molecule is Cc1nccc(CNCCC(=O)N2CCCCC2)n1. The van der Waals surface area contributed by atoms with E-state index in [1.165, 1.54) is 6.42 Å². The number of amides is 1. The lowest BCUT2D eigenvalue weighted by Crippen LogP contribution is -2.37. The first-order valence-corrected chi connectivity index (χ1v) is 7.03. The number of carbonyl (C=O) groups excluding carboxylic acids is 1. The maximum atomic E-state index is 11.9. The van der Waals surface area contributed by atoms with Gasteiger partial charge in [0.25, 0.3) is 0 Å². The van der Waals surface area contributed by atoms with E-state index in [1.54, 1.807) is 6.20 Å². The molecule has 19 heavy (non-hydrogen) atoms. The van der Waals surface area contributed by atoms with E-state index in [-0.39, 0.29) is 5.91 Å². The van der Waals surface area contributed by atoms with Gasteiger partial charge in [-0.15, -0.1) is 0 Å². The summed E-state index contributed by atoms with van der Waals surface area (Å²) in [6.45, 7) is 5.15. The number of nitrogens with zero attached hydrogens (tertiary/aromatic N) is 3. The van der Waals surface area contributed by atoms with Gasteiger partial charge in [-0.3, -0.25) is 4.79 Å². The summed E-state index contributed by atoms with van der Waals surface area (Å²) in [5.74, 6) is 1.05. The van der Waals surface area contributed by atoms with Crippen LogP contribution in [0.2, 0.25) is 0 Å². The number of hydrogen-bond donors (Lipinski definition) is 1. The largest absolute Gasteiger partial charge is 0.343 e. The fourth-order valence-electron chi connectivity index (χ4n) is 2.32. The second-order valence-electron chi connectivity index (χ2n) is 4.96. The fraction of sp³-hybridized carbons (Fsp3) is 0.643. The van der Waals surface area contributed by atoms with Gasteiger partial charge in [-0.2, -0.15) is 0 Å². The highest BCUT2D eigenvalue weighted by molar-refractivity contribution is 5.76. The smallest absolute Gasteiger partial charge is 0.223 e. The molecule has 2 rings (SSSR count). The summed E-state index contributed by atoms with van der Waals surface area (Å²) < 4.78 is 0. The number of nitrogens with one attached hydrogen (secondary N) is 1. The molecule has 0 unspecified atom stereocenters. The Kier molecular flexibility index (Phi) is 5.27. The molecule has 0 aliphatic carbocycles. The highest BCUT2D eigenvalue weighted by atomic mass is 16.2. The molecular formula is C14H22N4O. The summed E-state index contributed by atoms with van der Waals surface area (Å²) in [7, 11) is 0. The van der Waals surface area contributed by atoms with Gasteiger partial charge in [0.05, 0.1) is 5.69 Å². The van der Waals surface area contributed by atoms with E-state index in [2.05, 4.69) is 15.3 Å². The molecule has 0 radical (unpaired) electrons. The van der Waals surface area contributed by atoms with E-state index in [1.807, 2.05) is 17.9 Å². The minimum atomic E-state index is 0.270. The number of aryl methyl sites for hydroxylation is 1. The summed E-state index contributed by atoms with van der Waals surface area (Å²) in [5.41, 5.74) is 0.970. The molecule has 0 atom stereocenters. The van der Waals surface area contributed by atoms with Crippen molar-refractivity contribution in [1.29, 1.82) is 0 Å². The Balaban J connectivity index is 1.65. The molecule has 1 amide bonds. The Morgan fingerprint density at radius 1 is 1.37 bits per heavy atom. The highest BCUT2D eigenvalue weighted by Crippen LogP contribution is 2.09. The molecule has 0 spiro atoms. The third-order valence-corrected chi connectivity index (χ3v) is 3.36. The Labute approximate surface area is 114 Å². The zero-order chi connectivity index (χ0) is 13.5. The lowest BCUT2D eigenvalue weighted by molar-refractivity contribution is -0.131. The van der Waals surface area contributed by atoms with Crippen LogP contribution in [0.3, 0.4) is 0 Å². The van der Waals surface area contributed by atoms with Crippen LogP contribution in [-0.4, -0.2) is 40.4 Å². The van der Waals surface area contributed by atoms with E-state index in [0.29, 0.717) is 19.5 Å². The van der Waals surface area contributed by atoms with E-state index in [4.69, 9.17) is 0 Å². The first kappa shape index (κ1) is 13.9. The monoisotopic (exact) mass is 262 g/mol. The van der Waals surface area contributed by atoms with Crippen LogP contribution in [0.5, 0.6) is 0 Å². The third-order valence-electron chi connectivity index (χ3n) is 3.36. The number of piperidine rings is 1. The second-order valence-corrected chi connectivity index (χ2v) is 4.96. The van der Waals surface area contributed by atoms with Crippen molar-refractivity contribution in [1.82, 2.24) is 20.2 Å². The van der Waals surface area contributed by atoms with Crippen LogP contribution in [0.25, 0.3) is 0 Å². The van der Waals surface area contributed by atoms with Crippen LogP contribution in [-0.2, 0) is 11.3 Å². The number of carbonyl (C=O) groups is 1. The number of hydrogen-bond acceptors (Lipinski definition) is 4. The van der Waals surface area contributed by atoms with Gasteiger partial charge in [-0.25, -0.2) is 9.97 Å². The molecule has 1 saturated heterocycles. The van der Waals surface area contributed by atoms with E-state index in [0.717, 1.165) is 37.4 Å². The Morgan fingerprint density at radius 3 is 2.89 bits per heavy atom. The van der Waals surface area contributed by atoms with Crippen LogP contribution in [0.15, 0.2) is 12.3 Å². The molecule has 1 fully saturated rings. The van der Waals surface area contributed by atoms with Crippen molar-refractivity contribution < 1.29 is 4.79 Å². The van der Waals surface area contributed by atoms with Crippen LogP contribution in [0, 0.1) is 6.92 Å². The Hall–Kier alpha value is -1.49. The molecule has 104 valence electrons. The minimum Gasteiger partial charge on any atom is -0.343 e. The predicted octanol–water partition coefficient (Wildman–Crippen LogP) is 1.28. The normalized spacial score (nSPS) is 15.5. The zero-order valence-electron chi connectivity index (χ0n) is 11.6. The molecule has 0 aromatic carbocycles. The van der Waals surface area contributed by atoms with Crippen molar-refractivity contribution in [3.05, 3.63) is 23.8 Å². The molecular weight excluding hydrogens is 240 g/mol. The zero-order valence-corrected chi connectivity index (χ0v) is 11.6. The van der Waals surface area contributed by atoms with Gasteiger partial charge in [0.1, 0.15) is 5.82 Å². The topological polar surface area (TPSA) is 58.1 Å². The summed E-state index contributed by atoms with van der Waals surface area (Å²) in [4.78, 5) is 22.3. The van der Waals surface area contributed by atoms with E-state index >= 15 is 0 Å². The Morgan fingerprint density at radius 2 is 2.16 bits per heavy atom. The van der Waals surface area contributed by atoms with Crippen LogP contribution < -0.4 is 5.32 Å². The van der Waals surface area contributed by atoms with Crippen molar-refractivity contribution in [2.45, 2.75) is 39.2 Å². The molecule has 5 nitrogen and oxygen atoms in total. The van der Waals surface area contributed by atoms with Gasteiger partial charge in [0.2, 0.25) is 5.91 Å². The van der Waals surface area contributed by atoms with Gasteiger partial charge in [-0.1, -0.05) is 0 Å². The van der Waals surface area contributed by atoms with Gasteiger partial charge >= 0.3 is 0 Å². The summed E-state index contributed by atoms with van der Waals surface area (Å²) in [6, 6.07) is 1.90. The molecule has 5 heteroatoms. The average Bonchev–Trinajstić information content (AvgIpc) is 2.44. The number of likely N-dealkylation sites (tertiary alicyclic amines) is 1. The molecule has 0 bridgehead atoms. The minimum absolute atomic E-state index is 0.270. The maximum absolute atomic E-state index is 11.9. The van der Waals surface area contributed by atoms with Gasteiger partial charge < -0.3 is 10.2 Å². The van der Waals surface area contributed by atoms with Gasteiger partial charge in [0, 0.05) is 38.8 Å². The quantitative estimate of drug-likeness (QED) is 0.812. The van der Waals surface area contributed by atoms with Crippen LogP contribution in [0.4, 0.5) is 0 Å². The Bertz CT molecular complexity index is 416. The molecule has 2 heterocycles. The molecule has 0 saturated carbocycles. The lowest BCUT2D eigenvalue weighted by Gasteiger charge is -2.26. The first-order chi connectivity index (χ1) is 9.25. The van der Waals surface area contributed by atoms with E-state index in [9.17, 15) is 4.79 Å². The van der Waals surface area contributed by atoms with Crippen molar-refractivity contribution in [3.63, 3.8) is 0 Å². The van der Waals surface area contributed by atoms with Crippen molar-refractivity contribution >= 4 is 5.91 Å². The van der Waals surface area contributed by atoms with Crippen molar-refractivity contribution in [2.75, 3.05) is 19.6 Å². The molecule has 1 aromatic heterocycles. The average molecular weight is 262 g/mol. The molecule has 1 aromatic rings. The first-order valence-electron chi connectivity index (χ1n) is 7.03.